The van der Waals surface area contributed by atoms with Crippen molar-refractivity contribution in [1.29, 1.82) is 0 Å². The summed E-state index contributed by atoms with van der Waals surface area (Å²) in [6.45, 7) is 10.5. The highest BCUT2D eigenvalue weighted by Crippen LogP contribution is 2.66. The number of carbonyl (C=O) groups excluding carboxylic acids is 1. The molecule has 5 nitrogen and oxygen atoms in total. The Labute approximate surface area is 151 Å². The molecule has 3 saturated carbocycles. The molecule has 0 aromatic rings. The molecule has 6 heteroatoms. The summed E-state index contributed by atoms with van der Waals surface area (Å²) in [5.74, 6) is 1.85. The van der Waals surface area contributed by atoms with E-state index in [1.54, 1.807) is 0 Å². The lowest BCUT2D eigenvalue weighted by Crippen LogP contribution is -2.77. The van der Waals surface area contributed by atoms with E-state index in [0.717, 1.165) is 31.7 Å². The summed E-state index contributed by atoms with van der Waals surface area (Å²) in [6.07, 6.45) is 4.57. The van der Waals surface area contributed by atoms with E-state index in [4.69, 9.17) is 9.31 Å². The van der Waals surface area contributed by atoms with Gasteiger partial charge in [0.15, 0.2) is 0 Å². The summed E-state index contributed by atoms with van der Waals surface area (Å²) >= 11 is 0. The van der Waals surface area contributed by atoms with Gasteiger partial charge in [0.1, 0.15) is 0 Å². The maximum atomic E-state index is 12.9. The SMILES string of the molecule is CC(C)[C@@H]1N[B-]2(O[C@@H]3C[C@@H]4C[C@@H](C4(C)C)[C@]3(C)O2)C2CCCN2C1=O. The van der Waals surface area contributed by atoms with Crippen molar-refractivity contribution in [3.05, 3.63) is 0 Å². The third-order valence-electron chi connectivity index (χ3n) is 8.53. The van der Waals surface area contributed by atoms with Crippen LogP contribution in [0.5, 0.6) is 0 Å². The first kappa shape index (κ1) is 16.6. The van der Waals surface area contributed by atoms with Crippen molar-refractivity contribution in [2.45, 2.75) is 84.0 Å². The molecule has 1 amide bonds. The van der Waals surface area contributed by atoms with Crippen molar-refractivity contribution < 1.29 is 14.1 Å². The molecule has 25 heavy (non-hydrogen) atoms. The predicted octanol–water partition coefficient (Wildman–Crippen LogP) is 2.32. The smallest absolute Gasteiger partial charge is 0.338 e. The van der Waals surface area contributed by atoms with E-state index in [0.29, 0.717) is 11.3 Å². The van der Waals surface area contributed by atoms with Crippen LogP contribution < -0.4 is 5.23 Å². The summed E-state index contributed by atoms with van der Waals surface area (Å²) in [7, 11) is 0. The highest BCUT2D eigenvalue weighted by molar-refractivity contribution is 6.68. The molecular weight excluding hydrogens is 315 g/mol. The minimum absolute atomic E-state index is 0.0743. The van der Waals surface area contributed by atoms with Gasteiger partial charge in [-0.2, -0.15) is 0 Å². The monoisotopic (exact) mass is 347 g/mol. The van der Waals surface area contributed by atoms with Gasteiger partial charge in [-0.15, -0.1) is 0 Å². The van der Waals surface area contributed by atoms with E-state index in [1.165, 1.54) is 6.42 Å². The van der Waals surface area contributed by atoms with Gasteiger partial charge in [0.05, 0.1) is 6.04 Å². The molecule has 6 rings (SSSR count). The van der Waals surface area contributed by atoms with Gasteiger partial charge in [-0.1, -0.05) is 34.1 Å². The number of carbonyl (C=O) groups is 1. The van der Waals surface area contributed by atoms with Crippen molar-refractivity contribution in [1.82, 2.24) is 10.1 Å². The zero-order chi connectivity index (χ0) is 17.8. The number of hydrogen-bond acceptors (Lipinski definition) is 4. The van der Waals surface area contributed by atoms with Crippen LogP contribution in [0, 0.1) is 23.2 Å². The minimum atomic E-state index is -1.64. The van der Waals surface area contributed by atoms with Crippen molar-refractivity contribution >= 4 is 12.6 Å². The van der Waals surface area contributed by atoms with Crippen LogP contribution in [0.4, 0.5) is 0 Å². The standard InChI is InChI=1S/C19H32BN2O3/c1-11(2)16-17(23)22-8-6-7-15(22)20(21-16)24-14-10-12-9-13(18(12,3)4)19(14,5)25-20/h11-16,21H,6-10H2,1-5H3/q-1/t12-,13-,14+,15?,16-,19-,20?/m0/s1. The first-order valence-corrected chi connectivity index (χ1v) is 10.3. The van der Waals surface area contributed by atoms with Crippen LogP contribution in [0.1, 0.15) is 60.3 Å². The molecule has 1 N–H and O–H groups in total. The first-order chi connectivity index (χ1) is 11.7. The highest BCUT2D eigenvalue weighted by atomic mass is 16.7. The maximum Gasteiger partial charge on any atom is 0.338 e. The van der Waals surface area contributed by atoms with Gasteiger partial charge in [0, 0.05) is 18.2 Å². The normalized spacial score (nSPS) is 53.1. The Bertz CT molecular complexity index is 622. The third-order valence-corrected chi connectivity index (χ3v) is 8.53. The van der Waals surface area contributed by atoms with Gasteiger partial charge in [0.25, 0.3) is 0 Å². The number of fused-ring (bicyclic) bond motifs is 2. The Kier molecular flexibility index (Phi) is 3.19. The lowest BCUT2D eigenvalue weighted by Gasteiger charge is -2.66. The second-order valence-electron chi connectivity index (χ2n) is 10.4. The Balaban J connectivity index is 1.52. The van der Waals surface area contributed by atoms with Gasteiger partial charge >= 0.3 is 6.69 Å². The molecule has 3 aliphatic heterocycles. The summed E-state index contributed by atoms with van der Waals surface area (Å²) in [4.78, 5) is 15.0. The Morgan fingerprint density at radius 3 is 2.72 bits per heavy atom. The van der Waals surface area contributed by atoms with Crippen LogP contribution in [0.25, 0.3) is 0 Å². The quantitative estimate of drug-likeness (QED) is 0.740. The molecule has 1 spiro atoms. The van der Waals surface area contributed by atoms with Crippen LogP contribution in [0.3, 0.4) is 0 Å². The lowest BCUT2D eigenvalue weighted by atomic mass is 9.43. The largest absolute Gasteiger partial charge is 0.549 e. The van der Waals surface area contributed by atoms with Crippen molar-refractivity contribution in [2.75, 3.05) is 6.54 Å². The van der Waals surface area contributed by atoms with E-state index in [2.05, 4.69) is 44.7 Å². The van der Waals surface area contributed by atoms with Crippen LogP contribution in [0.15, 0.2) is 0 Å². The summed E-state index contributed by atoms with van der Waals surface area (Å²) in [6, 6.07) is -0.193. The second kappa shape index (κ2) is 4.82. The molecule has 6 fully saturated rings. The third kappa shape index (κ3) is 1.89. The van der Waals surface area contributed by atoms with E-state index in [-0.39, 0.29) is 35.5 Å². The Hall–Kier alpha value is -0.585. The number of amides is 1. The predicted molar refractivity (Wildman–Crippen MR) is 96.6 cm³/mol. The molecule has 6 aliphatic rings. The van der Waals surface area contributed by atoms with Crippen molar-refractivity contribution in [3.63, 3.8) is 0 Å². The molecule has 3 heterocycles. The van der Waals surface area contributed by atoms with Crippen molar-refractivity contribution in [2.24, 2.45) is 23.2 Å². The Morgan fingerprint density at radius 1 is 1.28 bits per heavy atom. The zero-order valence-corrected chi connectivity index (χ0v) is 16.2. The molecule has 2 unspecified atom stereocenters. The van der Waals surface area contributed by atoms with Gasteiger partial charge in [-0.25, -0.2) is 0 Å². The van der Waals surface area contributed by atoms with Gasteiger partial charge in [0.2, 0.25) is 5.91 Å². The van der Waals surface area contributed by atoms with Crippen LogP contribution >= 0.6 is 0 Å². The van der Waals surface area contributed by atoms with Crippen LogP contribution in [-0.4, -0.2) is 47.7 Å². The van der Waals surface area contributed by atoms with E-state index < -0.39 is 6.69 Å². The molecular formula is C19H32BN2O3-. The number of rotatable bonds is 1. The van der Waals surface area contributed by atoms with E-state index >= 15 is 0 Å². The van der Waals surface area contributed by atoms with E-state index in [1.807, 2.05) is 0 Å². The minimum Gasteiger partial charge on any atom is -0.549 e. The van der Waals surface area contributed by atoms with Gasteiger partial charge in [-0.3, -0.25) is 4.79 Å². The lowest BCUT2D eigenvalue weighted by molar-refractivity contribution is -0.200. The average Bonchev–Trinajstić information content (AvgIpc) is 3.12. The fourth-order valence-electron chi connectivity index (χ4n) is 6.96. The molecule has 0 aromatic carbocycles. The number of nitrogens with one attached hydrogen (secondary N) is 1. The highest BCUT2D eigenvalue weighted by Gasteiger charge is 2.69. The first-order valence-electron chi connectivity index (χ1n) is 10.3. The van der Waals surface area contributed by atoms with Crippen LogP contribution in [-0.2, 0) is 14.1 Å². The number of hydrogen-bond donors (Lipinski definition) is 1. The molecule has 7 atom stereocenters. The Morgan fingerprint density at radius 2 is 2.04 bits per heavy atom. The van der Waals surface area contributed by atoms with Gasteiger partial charge < -0.3 is 19.4 Å². The zero-order valence-electron chi connectivity index (χ0n) is 16.2. The number of nitrogens with zero attached hydrogens (tertiary/aromatic N) is 1. The van der Waals surface area contributed by atoms with Crippen LogP contribution in [0.2, 0.25) is 0 Å². The molecule has 0 radical (unpaired) electrons. The average molecular weight is 347 g/mol. The fraction of sp³-hybridized carbons (Fsp3) is 0.947. The fourth-order valence-corrected chi connectivity index (χ4v) is 6.96. The summed E-state index contributed by atoms with van der Waals surface area (Å²) in [5.41, 5.74) is 0.120. The maximum absolute atomic E-state index is 12.9. The molecule has 140 valence electrons. The molecule has 0 aromatic heterocycles. The molecule has 3 aliphatic carbocycles. The van der Waals surface area contributed by atoms with Gasteiger partial charge in [-0.05, 0) is 55.3 Å². The van der Waals surface area contributed by atoms with Crippen molar-refractivity contribution in [3.8, 4) is 0 Å². The molecule has 2 bridgehead atoms. The summed E-state index contributed by atoms with van der Waals surface area (Å²) in [5, 5.41) is 3.62. The van der Waals surface area contributed by atoms with E-state index in [9.17, 15) is 4.79 Å². The molecule has 3 saturated heterocycles. The topological polar surface area (TPSA) is 50.8 Å². The summed E-state index contributed by atoms with van der Waals surface area (Å²) < 4.78 is 13.7. The second-order valence-corrected chi connectivity index (χ2v) is 10.4.